The lowest BCUT2D eigenvalue weighted by molar-refractivity contribution is 0.373. The van der Waals surface area contributed by atoms with Gasteiger partial charge in [0.2, 0.25) is 9.84 Å². The summed E-state index contributed by atoms with van der Waals surface area (Å²) in [6, 6.07) is 8.69. The third kappa shape index (κ3) is 4.29. The Bertz CT molecular complexity index is 792. The van der Waals surface area contributed by atoms with Crippen molar-refractivity contribution in [3.8, 4) is 0 Å². The van der Waals surface area contributed by atoms with Crippen molar-refractivity contribution in [3.05, 3.63) is 46.7 Å². The summed E-state index contributed by atoms with van der Waals surface area (Å²) in [5, 5.41) is 0. The molecule has 0 fully saturated rings. The van der Waals surface area contributed by atoms with Gasteiger partial charge >= 0.3 is 0 Å². The average molecular weight is 399 g/mol. The van der Waals surface area contributed by atoms with Crippen LogP contribution in [0.1, 0.15) is 11.7 Å². The summed E-state index contributed by atoms with van der Waals surface area (Å²) in [7, 11) is 0.128. The van der Waals surface area contributed by atoms with Gasteiger partial charge in [-0.05, 0) is 66.4 Å². The van der Waals surface area contributed by atoms with Gasteiger partial charge in [0.15, 0.2) is 0 Å². The number of hydrogen-bond donors (Lipinski definition) is 2. The van der Waals surface area contributed by atoms with Gasteiger partial charge in [-0.1, -0.05) is 0 Å². The summed E-state index contributed by atoms with van der Waals surface area (Å²) >= 11 is 3.26. The second-order valence-electron chi connectivity index (χ2n) is 5.49. The topological polar surface area (TPSA) is 102 Å². The first-order valence-corrected chi connectivity index (χ1v) is 9.16. The molecule has 8 heteroatoms. The highest BCUT2D eigenvalue weighted by Gasteiger charge is 2.21. The van der Waals surface area contributed by atoms with Crippen LogP contribution in [0.15, 0.2) is 50.8 Å². The zero-order chi connectivity index (χ0) is 17.2. The predicted octanol–water partition coefficient (Wildman–Crippen LogP) is 1.82. The number of nitrogen functional groups attached to an aromatic ring is 1. The van der Waals surface area contributed by atoms with Gasteiger partial charge in [-0.25, -0.2) is 13.4 Å². The molecule has 2 aromatic rings. The Labute approximate surface area is 144 Å². The Morgan fingerprint density at radius 2 is 1.78 bits per heavy atom. The van der Waals surface area contributed by atoms with Crippen molar-refractivity contribution in [1.82, 2.24) is 9.88 Å². The average Bonchev–Trinajstić information content (AvgIpc) is 2.46. The summed E-state index contributed by atoms with van der Waals surface area (Å²) in [6.07, 6.45) is 0. The smallest absolute Gasteiger partial charge is 0.206 e. The lowest BCUT2D eigenvalue weighted by Crippen LogP contribution is -2.27. The van der Waals surface area contributed by atoms with Crippen LogP contribution in [0, 0.1) is 0 Å². The highest BCUT2D eigenvalue weighted by molar-refractivity contribution is 9.10. The Hall–Kier alpha value is -1.48. The van der Waals surface area contributed by atoms with E-state index in [1.807, 2.05) is 19.0 Å². The molecule has 0 aliphatic carbocycles. The second kappa shape index (κ2) is 6.96. The largest absolute Gasteiger partial charge is 0.399 e. The summed E-state index contributed by atoms with van der Waals surface area (Å²) in [6.45, 7) is 0.560. The molecular formula is C15H19BrN4O2S. The van der Waals surface area contributed by atoms with Crippen molar-refractivity contribution in [2.75, 3.05) is 26.4 Å². The van der Waals surface area contributed by atoms with Crippen LogP contribution < -0.4 is 11.5 Å². The number of aromatic nitrogens is 1. The van der Waals surface area contributed by atoms with E-state index >= 15 is 0 Å². The number of rotatable bonds is 5. The standard InChI is InChI=1S/C15H19BrN4O2S/c1-20(2)9-13(18)14-7-12(8-15(16)19-14)23(21,22)11-5-3-10(17)4-6-11/h3-8,13H,9,17-18H2,1-2H3. The maximum Gasteiger partial charge on any atom is 0.206 e. The Kier molecular flexibility index (Phi) is 5.41. The van der Waals surface area contributed by atoms with Crippen LogP contribution in [0.4, 0.5) is 5.69 Å². The molecule has 0 bridgehead atoms. The summed E-state index contributed by atoms with van der Waals surface area (Å²) in [5.74, 6) is 0. The molecule has 0 radical (unpaired) electrons. The van der Waals surface area contributed by atoms with E-state index in [4.69, 9.17) is 11.5 Å². The number of pyridine rings is 1. The third-order valence-electron chi connectivity index (χ3n) is 3.23. The number of sulfone groups is 1. The van der Waals surface area contributed by atoms with E-state index in [9.17, 15) is 8.42 Å². The van der Waals surface area contributed by atoms with Crippen molar-refractivity contribution >= 4 is 31.5 Å². The SMILES string of the molecule is CN(C)CC(N)c1cc(S(=O)(=O)c2ccc(N)cc2)cc(Br)n1. The van der Waals surface area contributed by atoms with E-state index in [2.05, 4.69) is 20.9 Å². The van der Waals surface area contributed by atoms with Gasteiger partial charge < -0.3 is 16.4 Å². The Morgan fingerprint density at radius 3 is 2.35 bits per heavy atom. The maximum absolute atomic E-state index is 12.8. The number of anilines is 1. The Balaban J connectivity index is 2.46. The van der Waals surface area contributed by atoms with Crippen molar-refractivity contribution in [2.24, 2.45) is 5.73 Å². The van der Waals surface area contributed by atoms with Crippen LogP contribution in [0.3, 0.4) is 0 Å². The highest BCUT2D eigenvalue weighted by atomic mass is 79.9. The van der Waals surface area contributed by atoms with Gasteiger partial charge in [-0.2, -0.15) is 0 Å². The fourth-order valence-corrected chi connectivity index (χ4v) is 4.02. The first-order valence-electron chi connectivity index (χ1n) is 6.88. The van der Waals surface area contributed by atoms with Crippen molar-refractivity contribution < 1.29 is 8.42 Å². The number of benzene rings is 1. The van der Waals surface area contributed by atoms with Crippen molar-refractivity contribution in [1.29, 1.82) is 0 Å². The van der Waals surface area contributed by atoms with Crippen LogP contribution >= 0.6 is 15.9 Å². The van der Waals surface area contributed by atoms with Crippen LogP contribution in [0.2, 0.25) is 0 Å². The van der Waals surface area contributed by atoms with E-state index in [0.29, 0.717) is 22.5 Å². The first kappa shape index (κ1) is 17.9. The minimum Gasteiger partial charge on any atom is -0.399 e. The monoisotopic (exact) mass is 398 g/mol. The zero-order valence-electron chi connectivity index (χ0n) is 12.9. The van der Waals surface area contributed by atoms with Crippen molar-refractivity contribution in [3.63, 3.8) is 0 Å². The normalized spacial score (nSPS) is 13.3. The van der Waals surface area contributed by atoms with Gasteiger partial charge in [-0.15, -0.1) is 0 Å². The summed E-state index contributed by atoms with van der Waals surface area (Å²) in [5.41, 5.74) is 12.7. The molecule has 0 saturated carbocycles. The molecule has 0 aliphatic heterocycles. The van der Waals surface area contributed by atoms with Crippen molar-refractivity contribution in [2.45, 2.75) is 15.8 Å². The number of nitrogens with zero attached hydrogens (tertiary/aromatic N) is 2. The predicted molar refractivity (Wildman–Crippen MR) is 93.7 cm³/mol. The molecule has 2 rings (SSSR count). The van der Waals surface area contributed by atoms with Gasteiger partial charge in [0.25, 0.3) is 0 Å². The van der Waals surface area contributed by atoms with Crippen LogP contribution in [-0.4, -0.2) is 38.9 Å². The molecule has 6 nitrogen and oxygen atoms in total. The van der Waals surface area contributed by atoms with Crippen LogP contribution in [0.25, 0.3) is 0 Å². The molecule has 124 valence electrons. The first-order chi connectivity index (χ1) is 10.7. The molecule has 1 heterocycles. The molecule has 1 unspecified atom stereocenters. The molecule has 1 aromatic carbocycles. The minimum atomic E-state index is -3.66. The van der Waals surface area contributed by atoms with E-state index in [1.165, 1.54) is 24.3 Å². The number of hydrogen-bond acceptors (Lipinski definition) is 6. The zero-order valence-corrected chi connectivity index (χ0v) is 15.3. The number of nitrogens with two attached hydrogens (primary N) is 2. The van der Waals surface area contributed by atoms with E-state index < -0.39 is 9.84 Å². The molecule has 0 aliphatic rings. The summed E-state index contributed by atoms with van der Waals surface area (Å²) in [4.78, 5) is 6.53. The lowest BCUT2D eigenvalue weighted by Gasteiger charge is -2.17. The van der Waals surface area contributed by atoms with Gasteiger partial charge in [0.1, 0.15) is 4.60 Å². The molecule has 0 spiro atoms. The van der Waals surface area contributed by atoms with Gasteiger partial charge in [0.05, 0.1) is 21.5 Å². The quantitative estimate of drug-likeness (QED) is 0.588. The molecular weight excluding hydrogens is 380 g/mol. The maximum atomic E-state index is 12.8. The van der Waals surface area contributed by atoms with Gasteiger partial charge in [0, 0.05) is 12.2 Å². The molecule has 4 N–H and O–H groups in total. The number of halogens is 1. The molecule has 1 aromatic heterocycles. The van der Waals surface area contributed by atoms with Crippen LogP contribution in [0.5, 0.6) is 0 Å². The molecule has 23 heavy (non-hydrogen) atoms. The minimum absolute atomic E-state index is 0.147. The van der Waals surface area contributed by atoms with E-state index in [0.717, 1.165) is 0 Å². The van der Waals surface area contributed by atoms with E-state index in [1.54, 1.807) is 12.1 Å². The second-order valence-corrected chi connectivity index (χ2v) is 8.25. The molecule has 0 amide bonds. The fraction of sp³-hybridized carbons (Fsp3) is 0.267. The Morgan fingerprint density at radius 1 is 1.17 bits per heavy atom. The summed E-state index contributed by atoms with van der Waals surface area (Å²) < 4.78 is 25.9. The third-order valence-corrected chi connectivity index (χ3v) is 5.39. The lowest BCUT2D eigenvalue weighted by atomic mass is 10.2. The molecule has 0 saturated heterocycles. The van der Waals surface area contributed by atoms with Gasteiger partial charge in [-0.3, -0.25) is 0 Å². The van der Waals surface area contributed by atoms with Crippen LogP contribution in [-0.2, 0) is 9.84 Å². The van der Waals surface area contributed by atoms with E-state index in [-0.39, 0.29) is 15.8 Å². The fourth-order valence-electron chi connectivity index (χ4n) is 2.11. The molecule has 1 atom stereocenters. The highest BCUT2D eigenvalue weighted by Crippen LogP contribution is 2.26. The number of likely N-dealkylation sites (N-methyl/N-ethyl adjacent to an activating group) is 1.